The van der Waals surface area contributed by atoms with E-state index in [-0.39, 0.29) is 31.1 Å². The zero-order valence-corrected chi connectivity index (χ0v) is 43.9. The van der Waals surface area contributed by atoms with E-state index >= 15 is 0 Å². The zero-order valence-electron chi connectivity index (χ0n) is 43.9. The fraction of sp³-hybridized carbons (Fsp3) is 0.721. The van der Waals surface area contributed by atoms with E-state index in [0.717, 1.165) is 122 Å². The topological polar surface area (TPSA) is 78.9 Å². The molecular formula is C61H104O6. The second-order valence-electron chi connectivity index (χ2n) is 18.5. The highest BCUT2D eigenvalue weighted by Gasteiger charge is 2.19. The molecule has 67 heavy (non-hydrogen) atoms. The normalized spacial score (nSPS) is 12.7. The van der Waals surface area contributed by atoms with Crippen LogP contribution in [-0.2, 0) is 28.6 Å². The number of rotatable bonds is 50. The Bertz CT molecular complexity index is 1300. The zero-order chi connectivity index (χ0) is 48.6. The van der Waals surface area contributed by atoms with Crippen LogP contribution in [0.4, 0.5) is 0 Å². The number of allylic oxidation sites excluding steroid dienone is 14. The second-order valence-corrected chi connectivity index (χ2v) is 18.5. The van der Waals surface area contributed by atoms with E-state index < -0.39 is 6.10 Å². The third-order valence-corrected chi connectivity index (χ3v) is 11.9. The molecule has 0 aromatic heterocycles. The number of esters is 3. The van der Waals surface area contributed by atoms with Crippen LogP contribution >= 0.6 is 0 Å². The predicted octanol–water partition coefficient (Wildman–Crippen LogP) is 18.8. The van der Waals surface area contributed by atoms with Gasteiger partial charge in [0.15, 0.2) is 6.10 Å². The van der Waals surface area contributed by atoms with Crippen molar-refractivity contribution in [2.45, 2.75) is 271 Å². The first-order valence-electron chi connectivity index (χ1n) is 28.1. The number of hydrogen-bond donors (Lipinski definition) is 0. The Labute approximate surface area is 414 Å². The molecule has 6 nitrogen and oxygen atoms in total. The van der Waals surface area contributed by atoms with Gasteiger partial charge in [0.05, 0.1) is 0 Å². The Morgan fingerprint density at radius 2 is 0.597 bits per heavy atom. The monoisotopic (exact) mass is 933 g/mol. The minimum Gasteiger partial charge on any atom is -0.462 e. The summed E-state index contributed by atoms with van der Waals surface area (Å²) in [5.41, 5.74) is 0. The lowest BCUT2D eigenvalue weighted by Gasteiger charge is -2.18. The van der Waals surface area contributed by atoms with Gasteiger partial charge in [-0.05, 0) is 109 Å². The Morgan fingerprint density at radius 1 is 0.313 bits per heavy atom. The van der Waals surface area contributed by atoms with Gasteiger partial charge in [0.25, 0.3) is 0 Å². The molecule has 0 rings (SSSR count). The van der Waals surface area contributed by atoms with Crippen LogP contribution < -0.4 is 0 Å². The van der Waals surface area contributed by atoms with Crippen molar-refractivity contribution < 1.29 is 28.6 Å². The van der Waals surface area contributed by atoms with Crippen molar-refractivity contribution in [1.82, 2.24) is 0 Å². The van der Waals surface area contributed by atoms with Crippen LogP contribution in [0.5, 0.6) is 0 Å². The number of hydrogen-bond acceptors (Lipinski definition) is 6. The molecule has 1 atom stereocenters. The van der Waals surface area contributed by atoms with Crippen LogP contribution in [0.1, 0.15) is 265 Å². The number of unbranched alkanes of at least 4 members (excludes halogenated alkanes) is 25. The van der Waals surface area contributed by atoms with Crippen LogP contribution in [-0.4, -0.2) is 37.2 Å². The summed E-state index contributed by atoms with van der Waals surface area (Å²) in [5, 5.41) is 0. The summed E-state index contributed by atoms with van der Waals surface area (Å²) in [6, 6.07) is 0. The third-order valence-electron chi connectivity index (χ3n) is 11.9. The molecule has 0 aliphatic carbocycles. The van der Waals surface area contributed by atoms with Gasteiger partial charge in [-0.25, -0.2) is 0 Å². The summed E-state index contributed by atoms with van der Waals surface area (Å²) in [7, 11) is 0. The molecule has 0 amide bonds. The van der Waals surface area contributed by atoms with Gasteiger partial charge in [-0.15, -0.1) is 0 Å². The Balaban J connectivity index is 4.44. The van der Waals surface area contributed by atoms with Gasteiger partial charge < -0.3 is 14.2 Å². The highest BCUT2D eigenvalue weighted by molar-refractivity contribution is 5.71. The molecule has 0 spiro atoms. The third kappa shape index (κ3) is 53.4. The second kappa shape index (κ2) is 55.2. The summed E-state index contributed by atoms with van der Waals surface area (Å²) in [4.78, 5) is 38.1. The average Bonchev–Trinajstić information content (AvgIpc) is 3.33. The van der Waals surface area contributed by atoms with Gasteiger partial charge in [-0.3, -0.25) is 14.4 Å². The van der Waals surface area contributed by atoms with E-state index in [1.807, 2.05) is 0 Å². The molecule has 0 radical (unpaired) electrons. The van der Waals surface area contributed by atoms with Crippen molar-refractivity contribution in [2.24, 2.45) is 0 Å². The molecule has 0 aromatic carbocycles. The highest BCUT2D eigenvalue weighted by atomic mass is 16.6. The predicted molar refractivity (Wildman–Crippen MR) is 288 cm³/mol. The number of carbonyl (C=O) groups is 3. The molecule has 0 aliphatic rings. The number of ether oxygens (including phenoxy) is 3. The summed E-state index contributed by atoms with van der Waals surface area (Å²) < 4.78 is 16.8. The largest absolute Gasteiger partial charge is 0.462 e. The van der Waals surface area contributed by atoms with E-state index in [2.05, 4.69) is 106 Å². The maximum atomic E-state index is 12.8. The molecule has 0 aromatic rings. The molecule has 6 heteroatoms. The molecule has 0 aliphatic heterocycles. The van der Waals surface area contributed by atoms with Crippen LogP contribution in [0.2, 0.25) is 0 Å². The van der Waals surface area contributed by atoms with E-state index in [1.54, 1.807) is 0 Å². The molecule has 0 saturated carbocycles. The Hall–Kier alpha value is -3.41. The van der Waals surface area contributed by atoms with Gasteiger partial charge in [-0.2, -0.15) is 0 Å². The Kier molecular flexibility index (Phi) is 52.4. The lowest BCUT2D eigenvalue weighted by molar-refractivity contribution is -0.167. The van der Waals surface area contributed by atoms with Crippen molar-refractivity contribution in [3.63, 3.8) is 0 Å². The maximum Gasteiger partial charge on any atom is 0.306 e. The van der Waals surface area contributed by atoms with Crippen LogP contribution in [0.25, 0.3) is 0 Å². The molecule has 0 fully saturated rings. The van der Waals surface area contributed by atoms with Gasteiger partial charge in [-0.1, -0.05) is 221 Å². The molecule has 0 bridgehead atoms. The standard InChI is InChI=1S/C61H104O6/c1-4-7-10-13-16-19-22-25-28-30-32-33-36-39-42-45-48-51-54-60(63)66-57-58(56-65-59(62)53-50-47-44-41-38-35-27-24-21-18-15-12-9-6-3)67-61(64)55-52-49-46-43-40-37-34-31-29-26-23-20-17-14-11-8-5-2/h8,11,15,17-18,20,24,26-30,34,37,58H,4-7,9-10,12-14,16,19,21-23,25,31-33,35-36,38-57H2,1-3H3/b11-8-,18-15-,20-17-,27-24-,29-26-,30-28-,37-34-. The van der Waals surface area contributed by atoms with E-state index in [0.29, 0.717) is 19.3 Å². The molecule has 0 saturated heterocycles. The molecule has 0 N–H and O–H groups in total. The van der Waals surface area contributed by atoms with Gasteiger partial charge in [0.2, 0.25) is 0 Å². The van der Waals surface area contributed by atoms with Crippen LogP contribution in [0.3, 0.4) is 0 Å². The molecule has 1 unspecified atom stereocenters. The van der Waals surface area contributed by atoms with Gasteiger partial charge >= 0.3 is 17.9 Å². The smallest absolute Gasteiger partial charge is 0.306 e. The Morgan fingerprint density at radius 3 is 0.970 bits per heavy atom. The SMILES string of the molecule is CC/C=C\C/C=C\C/C=C\C/C=C\CCCCCCC(=O)OC(COC(=O)CCCCCCC/C=C\C/C=C\CCCC)COC(=O)CCCCCCCCC/C=C\CCCCCCCCC. The van der Waals surface area contributed by atoms with E-state index in [9.17, 15) is 14.4 Å². The first-order valence-corrected chi connectivity index (χ1v) is 28.1. The summed E-state index contributed by atoms with van der Waals surface area (Å²) in [5.74, 6) is -0.932. The average molecular weight is 933 g/mol. The first-order chi connectivity index (χ1) is 33.0. The quantitative estimate of drug-likeness (QED) is 0.0262. The summed E-state index contributed by atoms with van der Waals surface area (Å²) >= 11 is 0. The fourth-order valence-corrected chi connectivity index (χ4v) is 7.62. The van der Waals surface area contributed by atoms with Crippen LogP contribution in [0, 0.1) is 0 Å². The molecular weight excluding hydrogens is 829 g/mol. The minimum absolute atomic E-state index is 0.0934. The molecule has 0 heterocycles. The van der Waals surface area contributed by atoms with Crippen molar-refractivity contribution in [2.75, 3.05) is 13.2 Å². The van der Waals surface area contributed by atoms with Crippen LogP contribution in [0.15, 0.2) is 85.1 Å². The fourth-order valence-electron chi connectivity index (χ4n) is 7.62. The molecule has 384 valence electrons. The van der Waals surface area contributed by atoms with Crippen molar-refractivity contribution in [3.05, 3.63) is 85.1 Å². The minimum atomic E-state index is -0.798. The van der Waals surface area contributed by atoms with Crippen molar-refractivity contribution in [3.8, 4) is 0 Å². The van der Waals surface area contributed by atoms with E-state index in [1.165, 1.54) is 103 Å². The van der Waals surface area contributed by atoms with E-state index in [4.69, 9.17) is 14.2 Å². The lowest BCUT2D eigenvalue weighted by atomic mass is 10.1. The highest BCUT2D eigenvalue weighted by Crippen LogP contribution is 2.14. The maximum absolute atomic E-state index is 12.8. The first kappa shape index (κ1) is 63.6. The van der Waals surface area contributed by atoms with Crippen molar-refractivity contribution in [1.29, 1.82) is 0 Å². The van der Waals surface area contributed by atoms with Gasteiger partial charge in [0, 0.05) is 19.3 Å². The van der Waals surface area contributed by atoms with Crippen molar-refractivity contribution >= 4 is 17.9 Å². The number of carbonyl (C=O) groups excluding carboxylic acids is 3. The van der Waals surface area contributed by atoms with Gasteiger partial charge in [0.1, 0.15) is 13.2 Å². The summed E-state index contributed by atoms with van der Waals surface area (Å²) in [6.45, 7) is 6.46. The lowest BCUT2D eigenvalue weighted by Crippen LogP contribution is -2.30. The summed E-state index contributed by atoms with van der Waals surface area (Å²) in [6.07, 6.45) is 71.4.